The number of alkyl carbamates (subject to hydrolysis) is 1. The number of amides is 1. The molecule has 0 saturated heterocycles. The third-order valence-corrected chi connectivity index (χ3v) is 2.27. The number of rotatable bonds is 3. The SMILES string of the molecule is COC(=O)NCc1cc(CO)ccc1Cl. The first-order valence-electron chi connectivity index (χ1n) is 4.37. The van der Waals surface area contributed by atoms with Crippen LogP contribution in [-0.4, -0.2) is 18.3 Å². The van der Waals surface area contributed by atoms with Crippen molar-refractivity contribution in [2.75, 3.05) is 7.11 Å². The number of aliphatic hydroxyl groups is 1. The van der Waals surface area contributed by atoms with Crippen LogP contribution in [-0.2, 0) is 17.9 Å². The summed E-state index contributed by atoms with van der Waals surface area (Å²) in [5, 5.41) is 12.0. The van der Waals surface area contributed by atoms with E-state index < -0.39 is 6.09 Å². The highest BCUT2D eigenvalue weighted by molar-refractivity contribution is 6.31. The van der Waals surface area contributed by atoms with E-state index in [2.05, 4.69) is 10.1 Å². The molecule has 0 bridgehead atoms. The molecule has 0 aromatic heterocycles. The molecule has 1 amide bonds. The molecule has 0 spiro atoms. The molecule has 0 aliphatic carbocycles. The Morgan fingerprint density at radius 3 is 2.93 bits per heavy atom. The summed E-state index contributed by atoms with van der Waals surface area (Å²) in [5.74, 6) is 0. The van der Waals surface area contributed by atoms with Crippen LogP contribution in [0.1, 0.15) is 11.1 Å². The Balaban J connectivity index is 2.70. The van der Waals surface area contributed by atoms with Crippen molar-refractivity contribution in [2.45, 2.75) is 13.2 Å². The van der Waals surface area contributed by atoms with Gasteiger partial charge in [-0.05, 0) is 17.2 Å². The van der Waals surface area contributed by atoms with Crippen LogP contribution in [0.25, 0.3) is 0 Å². The van der Waals surface area contributed by atoms with Gasteiger partial charge in [0.25, 0.3) is 0 Å². The highest BCUT2D eigenvalue weighted by Crippen LogP contribution is 2.17. The predicted octanol–water partition coefficient (Wildman–Crippen LogP) is 1.69. The Morgan fingerprint density at radius 2 is 2.33 bits per heavy atom. The number of carbonyl (C=O) groups excluding carboxylic acids is 1. The molecule has 5 heteroatoms. The maximum absolute atomic E-state index is 10.8. The Morgan fingerprint density at radius 1 is 1.60 bits per heavy atom. The first-order valence-corrected chi connectivity index (χ1v) is 4.75. The van der Waals surface area contributed by atoms with E-state index in [0.29, 0.717) is 5.02 Å². The zero-order valence-corrected chi connectivity index (χ0v) is 9.04. The van der Waals surface area contributed by atoms with Gasteiger partial charge in [-0.3, -0.25) is 0 Å². The van der Waals surface area contributed by atoms with Gasteiger partial charge in [-0.1, -0.05) is 23.7 Å². The van der Waals surface area contributed by atoms with Crippen molar-refractivity contribution < 1.29 is 14.6 Å². The van der Waals surface area contributed by atoms with E-state index in [1.165, 1.54) is 7.11 Å². The molecule has 0 aliphatic heterocycles. The van der Waals surface area contributed by atoms with Crippen LogP contribution in [0.3, 0.4) is 0 Å². The van der Waals surface area contributed by atoms with Crippen LogP contribution in [0.4, 0.5) is 4.79 Å². The lowest BCUT2D eigenvalue weighted by Gasteiger charge is -2.07. The number of aliphatic hydroxyl groups excluding tert-OH is 1. The third kappa shape index (κ3) is 3.42. The molecule has 0 fully saturated rings. The van der Waals surface area contributed by atoms with E-state index in [-0.39, 0.29) is 13.2 Å². The number of methoxy groups -OCH3 is 1. The van der Waals surface area contributed by atoms with Crippen molar-refractivity contribution in [2.24, 2.45) is 0 Å². The van der Waals surface area contributed by atoms with Crippen LogP contribution in [0.15, 0.2) is 18.2 Å². The quantitative estimate of drug-likeness (QED) is 0.829. The summed E-state index contributed by atoms with van der Waals surface area (Å²) in [5.41, 5.74) is 1.50. The minimum absolute atomic E-state index is 0.0532. The molecule has 1 aromatic carbocycles. The van der Waals surface area contributed by atoms with Crippen molar-refractivity contribution in [1.82, 2.24) is 5.32 Å². The first-order chi connectivity index (χ1) is 7.17. The molecule has 15 heavy (non-hydrogen) atoms. The van der Waals surface area contributed by atoms with Crippen molar-refractivity contribution in [3.8, 4) is 0 Å². The molecule has 0 saturated carbocycles. The fourth-order valence-corrected chi connectivity index (χ4v) is 1.29. The molecule has 0 atom stereocenters. The predicted molar refractivity (Wildman–Crippen MR) is 56.6 cm³/mol. The molecule has 1 rings (SSSR count). The van der Waals surface area contributed by atoms with E-state index in [4.69, 9.17) is 16.7 Å². The van der Waals surface area contributed by atoms with E-state index in [1.54, 1.807) is 18.2 Å². The lowest BCUT2D eigenvalue weighted by atomic mass is 10.1. The first kappa shape index (κ1) is 11.8. The second-order valence-corrected chi connectivity index (χ2v) is 3.34. The molecule has 0 unspecified atom stereocenters. The van der Waals surface area contributed by atoms with Gasteiger partial charge < -0.3 is 15.2 Å². The van der Waals surface area contributed by atoms with Crippen molar-refractivity contribution in [3.63, 3.8) is 0 Å². The number of benzene rings is 1. The van der Waals surface area contributed by atoms with Crippen LogP contribution in [0.5, 0.6) is 0 Å². The second kappa shape index (κ2) is 5.58. The van der Waals surface area contributed by atoms with Crippen LogP contribution >= 0.6 is 11.6 Å². The number of hydrogen-bond acceptors (Lipinski definition) is 3. The van der Waals surface area contributed by atoms with Gasteiger partial charge >= 0.3 is 6.09 Å². The molecule has 2 N–H and O–H groups in total. The van der Waals surface area contributed by atoms with Crippen LogP contribution < -0.4 is 5.32 Å². The van der Waals surface area contributed by atoms with Gasteiger partial charge in [0.05, 0.1) is 13.7 Å². The minimum Gasteiger partial charge on any atom is -0.453 e. The number of carbonyl (C=O) groups is 1. The highest BCUT2D eigenvalue weighted by Gasteiger charge is 2.04. The zero-order chi connectivity index (χ0) is 11.3. The number of hydrogen-bond donors (Lipinski definition) is 2. The summed E-state index contributed by atoms with van der Waals surface area (Å²) in [6.07, 6.45) is -0.513. The van der Waals surface area contributed by atoms with Gasteiger partial charge in [-0.2, -0.15) is 0 Å². The van der Waals surface area contributed by atoms with Crippen LogP contribution in [0.2, 0.25) is 5.02 Å². The maximum atomic E-state index is 10.8. The Bertz CT molecular complexity index is 355. The average molecular weight is 230 g/mol. The van der Waals surface area contributed by atoms with Crippen LogP contribution in [0, 0.1) is 0 Å². The fraction of sp³-hybridized carbons (Fsp3) is 0.300. The summed E-state index contributed by atoms with van der Waals surface area (Å²) in [6, 6.07) is 5.14. The molecule has 0 aliphatic rings. The maximum Gasteiger partial charge on any atom is 0.407 e. The topological polar surface area (TPSA) is 58.6 Å². The van der Waals surface area contributed by atoms with E-state index in [0.717, 1.165) is 11.1 Å². The van der Waals surface area contributed by atoms with E-state index in [1.807, 2.05) is 0 Å². The Kier molecular flexibility index (Phi) is 4.39. The zero-order valence-electron chi connectivity index (χ0n) is 8.29. The monoisotopic (exact) mass is 229 g/mol. The van der Waals surface area contributed by atoms with Gasteiger partial charge in [0, 0.05) is 11.6 Å². The van der Waals surface area contributed by atoms with Crippen molar-refractivity contribution >= 4 is 17.7 Å². The number of ether oxygens (including phenoxy) is 1. The largest absolute Gasteiger partial charge is 0.453 e. The molecule has 0 heterocycles. The molecule has 1 aromatic rings. The number of halogens is 1. The molecule has 4 nitrogen and oxygen atoms in total. The van der Waals surface area contributed by atoms with Crippen molar-refractivity contribution in [1.29, 1.82) is 0 Å². The normalized spacial score (nSPS) is 9.80. The number of nitrogens with one attached hydrogen (secondary N) is 1. The standard InChI is InChI=1S/C10H12ClNO3/c1-15-10(14)12-5-8-4-7(6-13)2-3-9(8)11/h2-4,13H,5-6H2,1H3,(H,12,14). The lowest BCUT2D eigenvalue weighted by Crippen LogP contribution is -2.22. The highest BCUT2D eigenvalue weighted by atomic mass is 35.5. The smallest absolute Gasteiger partial charge is 0.407 e. The summed E-state index contributed by atoms with van der Waals surface area (Å²) < 4.78 is 4.43. The molecule has 82 valence electrons. The molecular weight excluding hydrogens is 218 g/mol. The Hall–Kier alpha value is -1.26. The van der Waals surface area contributed by atoms with E-state index >= 15 is 0 Å². The summed E-state index contributed by atoms with van der Waals surface area (Å²) >= 11 is 5.91. The minimum atomic E-state index is -0.513. The summed E-state index contributed by atoms with van der Waals surface area (Å²) in [7, 11) is 1.29. The van der Waals surface area contributed by atoms with Gasteiger partial charge in [0.2, 0.25) is 0 Å². The van der Waals surface area contributed by atoms with Gasteiger partial charge in [-0.25, -0.2) is 4.79 Å². The average Bonchev–Trinajstić information content (AvgIpc) is 2.27. The molecular formula is C10H12ClNO3. The van der Waals surface area contributed by atoms with Gasteiger partial charge in [-0.15, -0.1) is 0 Å². The van der Waals surface area contributed by atoms with Crippen molar-refractivity contribution in [3.05, 3.63) is 34.3 Å². The summed E-state index contributed by atoms with van der Waals surface area (Å²) in [6.45, 7) is 0.224. The van der Waals surface area contributed by atoms with Gasteiger partial charge in [0.1, 0.15) is 0 Å². The van der Waals surface area contributed by atoms with E-state index in [9.17, 15) is 4.79 Å². The molecule has 0 radical (unpaired) electrons. The lowest BCUT2D eigenvalue weighted by molar-refractivity contribution is 0.170. The second-order valence-electron chi connectivity index (χ2n) is 2.93. The third-order valence-electron chi connectivity index (χ3n) is 1.90. The Labute approximate surface area is 92.8 Å². The summed E-state index contributed by atoms with van der Waals surface area (Å²) in [4.78, 5) is 10.8. The fourth-order valence-electron chi connectivity index (χ4n) is 1.10. The van der Waals surface area contributed by atoms with Gasteiger partial charge in [0.15, 0.2) is 0 Å².